The molecule has 1 aromatic rings. The SMILES string of the molecule is CN=C(NCC1CCCO1)N1CCC2C(CCCN2Cc2ccccc2)C1.I. The van der Waals surface area contributed by atoms with Crippen molar-refractivity contribution in [3.63, 3.8) is 0 Å². The summed E-state index contributed by atoms with van der Waals surface area (Å²) in [5.41, 5.74) is 1.44. The molecule has 3 atom stereocenters. The predicted molar refractivity (Wildman–Crippen MR) is 125 cm³/mol. The van der Waals surface area contributed by atoms with Gasteiger partial charge in [0.1, 0.15) is 0 Å². The highest BCUT2D eigenvalue weighted by atomic mass is 127. The quantitative estimate of drug-likeness (QED) is 0.393. The van der Waals surface area contributed by atoms with E-state index in [4.69, 9.17) is 4.74 Å². The number of nitrogens with zero attached hydrogens (tertiary/aromatic N) is 3. The minimum atomic E-state index is 0. The molecule has 0 spiro atoms. The van der Waals surface area contributed by atoms with Crippen molar-refractivity contribution in [1.29, 1.82) is 0 Å². The summed E-state index contributed by atoms with van der Waals surface area (Å²) in [6.07, 6.45) is 6.60. The van der Waals surface area contributed by atoms with Gasteiger partial charge in [-0.05, 0) is 50.1 Å². The van der Waals surface area contributed by atoms with Crippen LogP contribution in [0.1, 0.15) is 37.7 Å². The number of likely N-dealkylation sites (tertiary alicyclic amines) is 2. The van der Waals surface area contributed by atoms with Crippen LogP contribution >= 0.6 is 24.0 Å². The first kappa shape index (κ1) is 21.8. The monoisotopic (exact) mass is 498 g/mol. The molecule has 0 aromatic heterocycles. The van der Waals surface area contributed by atoms with Crippen LogP contribution in [0.25, 0.3) is 0 Å². The maximum Gasteiger partial charge on any atom is 0.193 e. The van der Waals surface area contributed by atoms with Crippen LogP contribution in [0.2, 0.25) is 0 Å². The molecular formula is C22H35IN4O. The summed E-state index contributed by atoms with van der Waals surface area (Å²) >= 11 is 0. The van der Waals surface area contributed by atoms with E-state index in [2.05, 4.69) is 50.4 Å². The van der Waals surface area contributed by atoms with Crippen LogP contribution in [0.4, 0.5) is 0 Å². The first-order chi connectivity index (χ1) is 13.3. The molecular weight excluding hydrogens is 463 g/mol. The fourth-order valence-electron chi connectivity index (χ4n) is 5.06. The van der Waals surface area contributed by atoms with E-state index in [1.165, 1.54) is 44.2 Å². The van der Waals surface area contributed by atoms with Crippen LogP contribution in [0.5, 0.6) is 0 Å². The van der Waals surface area contributed by atoms with Crippen molar-refractivity contribution in [1.82, 2.24) is 15.1 Å². The molecule has 0 amide bonds. The standard InChI is InChI=1S/C22H34N4O.HI/c1-23-22(24-15-20-10-6-14-27-20)26-13-11-21-19(17-26)9-5-12-25(21)16-18-7-3-2-4-8-18;/h2-4,7-8,19-21H,5-6,9-17H2,1H3,(H,23,24);1H. The second kappa shape index (κ2) is 10.8. The number of halogens is 1. The number of guanidine groups is 1. The second-order valence-electron chi connectivity index (χ2n) is 8.22. The Bertz CT molecular complexity index is 620. The number of hydrogen-bond donors (Lipinski definition) is 1. The molecule has 156 valence electrons. The van der Waals surface area contributed by atoms with E-state index in [0.717, 1.165) is 44.7 Å². The van der Waals surface area contributed by atoms with E-state index in [-0.39, 0.29) is 24.0 Å². The molecule has 0 saturated carbocycles. The number of hydrogen-bond acceptors (Lipinski definition) is 3. The third-order valence-corrected chi connectivity index (χ3v) is 6.43. The van der Waals surface area contributed by atoms with Gasteiger partial charge in [0, 0.05) is 45.9 Å². The van der Waals surface area contributed by atoms with Crippen LogP contribution in [0.15, 0.2) is 35.3 Å². The van der Waals surface area contributed by atoms with Crippen LogP contribution in [0, 0.1) is 5.92 Å². The largest absolute Gasteiger partial charge is 0.376 e. The fraction of sp³-hybridized carbons (Fsp3) is 0.682. The highest BCUT2D eigenvalue weighted by Crippen LogP contribution is 2.31. The minimum Gasteiger partial charge on any atom is -0.376 e. The first-order valence-electron chi connectivity index (χ1n) is 10.7. The van der Waals surface area contributed by atoms with Gasteiger partial charge in [0.15, 0.2) is 5.96 Å². The molecule has 28 heavy (non-hydrogen) atoms. The summed E-state index contributed by atoms with van der Waals surface area (Å²) in [4.78, 5) is 9.76. The van der Waals surface area contributed by atoms with Gasteiger partial charge in [0.25, 0.3) is 0 Å². The molecule has 3 unspecified atom stereocenters. The van der Waals surface area contributed by atoms with Gasteiger partial charge in [-0.1, -0.05) is 30.3 Å². The smallest absolute Gasteiger partial charge is 0.193 e. The Labute approximate surface area is 186 Å². The Morgan fingerprint density at radius 3 is 2.75 bits per heavy atom. The van der Waals surface area contributed by atoms with Crippen molar-refractivity contribution >= 4 is 29.9 Å². The maximum absolute atomic E-state index is 5.75. The van der Waals surface area contributed by atoms with E-state index in [9.17, 15) is 0 Å². The van der Waals surface area contributed by atoms with Gasteiger partial charge < -0.3 is 15.0 Å². The van der Waals surface area contributed by atoms with E-state index in [1.54, 1.807) is 0 Å². The Hall–Kier alpha value is -0.860. The van der Waals surface area contributed by atoms with E-state index in [1.807, 2.05) is 7.05 Å². The lowest BCUT2D eigenvalue weighted by atomic mass is 9.83. The molecule has 1 N–H and O–H groups in total. The first-order valence-corrected chi connectivity index (χ1v) is 10.7. The Kier molecular flexibility index (Phi) is 8.41. The van der Waals surface area contributed by atoms with Crippen molar-refractivity contribution in [2.45, 2.75) is 50.8 Å². The lowest BCUT2D eigenvalue weighted by Gasteiger charge is -2.48. The lowest BCUT2D eigenvalue weighted by molar-refractivity contribution is 0.0368. The number of benzene rings is 1. The van der Waals surface area contributed by atoms with Crippen LogP contribution < -0.4 is 5.32 Å². The zero-order chi connectivity index (χ0) is 18.5. The van der Waals surface area contributed by atoms with E-state index in [0.29, 0.717) is 12.1 Å². The fourth-order valence-corrected chi connectivity index (χ4v) is 5.06. The number of aliphatic imine (C=N–C) groups is 1. The van der Waals surface area contributed by atoms with Crippen molar-refractivity contribution in [2.24, 2.45) is 10.9 Å². The van der Waals surface area contributed by atoms with Gasteiger partial charge >= 0.3 is 0 Å². The molecule has 0 bridgehead atoms. The van der Waals surface area contributed by atoms with Gasteiger partial charge in [-0.2, -0.15) is 0 Å². The highest BCUT2D eigenvalue weighted by Gasteiger charge is 2.36. The molecule has 3 fully saturated rings. The van der Waals surface area contributed by atoms with Gasteiger partial charge in [0.05, 0.1) is 6.10 Å². The zero-order valence-corrected chi connectivity index (χ0v) is 19.4. The summed E-state index contributed by atoms with van der Waals surface area (Å²) in [6.45, 7) is 6.35. The van der Waals surface area contributed by atoms with E-state index < -0.39 is 0 Å². The molecule has 0 radical (unpaired) electrons. The zero-order valence-electron chi connectivity index (χ0n) is 17.1. The summed E-state index contributed by atoms with van der Waals surface area (Å²) in [6, 6.07) is 11.7. The van der Waals surface area contributed by atoms with Crippen molar-refractivity contribution in [3.8, 4) is 0 Å². The molecule has 0 aliphatic carbocycles. The van der Waals surface area contributed by atoms with Crippen molar-refractivity contribution in [3.05, 3.63) is 35.9 Å². The maximum atomic E-state index is 5.75. The predicted octanol–water partition coefficient (Wildman–Crippen LogP) is 3.35. The third-order valence-electron chi connectivity index (χ3n) is 6.43. The van der Waals surface area contributed by atoms with Gasteiger partial charge in [-0.15, -0.1) is 24.0 Å². The average molecular weight is 498 g/mol. The molecule has 1 aromatic carbocycles. The second-order valence-corrected chi connectivity index (χ2v) is 8.22. The highest BCUT2D eigenvalue weighted by molar-refractivity contribution is 14.0. The molecule has 5 nitrogen and oxygen atoms in total. The molecule has 4 rings (SSSR count). The van der Waals surface area contributed by atoms with Crippen LogP contribution in [0.3, 0.4) is 0 Å². The normalized spacial score (nSPS) is 28.5. The molecule has 3 aliphatic heterocycles. The lowest BCUT2D eigenvalue weighted by Crippen LogP contribution is -2.57. The number of ether oxygens (including phenoxy) is 1. The summed E-state index contributed by atoms with van der Waals surface area (Å²) in [5, 5.41) is 3.56. The summed E-state index contributed by atoms with van der Waals surface area (Å²) in [7, 11) is 1.91. The van der Waals surface area contributed by atoms with Gasteiger partial charge in [-0.25, -0.2) is 0 Å². The number of rotatable bonds is 4. The molecule has 6 heteroatoms. The Morgan fingerprint density at radius 2 is 2.00 bits per heavy atom. The van der Waals surface area contributed by atoms with Crippen molar-refractivity contribution < 1.29 is 4.74 Å². The Morgan fingerprint density at radius 1 is 1.14 bits per heavy atom. The molecule has 3 heterocycles. The summed E-state index contributed by atoms with van der Waals surface area (Å²) < 4.78 is 5.75. The van der Waals surface area contributed by atoms with Crippen LogP contribution in [-0.4, -0.2) is 67.7 Å². The molecule has 3 aliphatic rings. The van der Waals surface area contributed by atoms with Gasteiger partial charge in [0.2, 0.25) is 0 Å². The van der Waals surface area contributed by atoms with Gasteiger partial charge in [-0.3, -0.25) is 9.89 Å². The third kappa shape index (κ3) is 5.39. The average Bonchev–Trinajstić information content (AvgIpc) is 3.23. The summed E-state index contributed by atoms with van der Waals surface area (Å²) in [5.74, 6) is 1.81. The number of nitrogens with one attached hydrogen (secondary N) is 1. The topological polar surface area (TPSA) is 40.1 Å². The number of fused-ring (bicyclic) bond motifs is 1. The molecule has 3 saturated heterocycles. The van der Waals surface area contributed by atoms with Crippen LogP contribution in [-0.2, 0) is 11.3 Å². The minimum absolute atomic E-state index is 0. The van der Waals surface area contributed by atoms with Crippen molar-refractivity contribution in [2.75, 3.05) is 39.8 Å². The number of piperidine rings is 2. The Balaban J connectivity index is 0.00000225. The van der Waals surface area contributed by atoms with E-state index >= 15 is 0 Å².